The Morgan fingerprint density at radius 1 is 1.00 bits per heavy atom. The maximum atomic E-state index is 14.4. The zero-order chi connectivity index (χ0) is 23.0. The van der Waals surface area contributed by atoms with Gasteiger partial charge < -0.3 is 9.84 Å². The molecule has 2 N–H and O–H groups in total. The van der Waals surface area contributed by atoms with E-state index in [9.17, 15) is 14.5 Å². The fourth-order valence-corrected chi connectivity index (χ4v) is 6.11. The first kappa shape index (κ1) is 23.7. The van der Waals surface area contributed by atoms with Gasteiger partial charge in [0.05, 0.1) is 12.7 Å². The summed E-state index contributed by atoms with van der Waals surface area (Å²) in [5.74, 6) is -0.106. The van der Waals surface area contributed by atoms with Crippen LogP contribution in [0.2, 0.25) is 0 Å². The molecule has 0 bridgehead atoms. The lowest BCUT2D eigenvalue weighted by molar-refractivity contribution is 0.0669. The molecular weight excluding hydrogens is 421 g/mol. The molecule has 32 heavy (non-hydrogen) atoms. The van der Waals surface area contributed by atoms with E-state index in [0.29, 0.717) is 29.2 Å². The molecular formula is C26H28NO4P. The molecule has 0 heterocycles. The molecule has 0 saturated carbocycles. The van der Waals surface area contributed by atoms with Crippen molar-refractivity contribution in [3.63, 3.8) is 0 Å². The molecule has 0 aliphatic rings. The molecule has 0 aliphatic carbocycles. The van der Waals surface area contributed by atoms with Crippen molar-refractivity contribution in [3.8, 4) is 5.75 Å². The normalized spacial score (nSPS) is 13.2. The Morgan fingerprint density at radius 2 is 1.53 bits per heavy atom. The molecule has 0 saturated heterocycles. The number of aliphatic hydroxyl groups is 1. The Bertz CT molecular complexity index is 1040. The van der Waals surface area contributed by atoms with Gasteiger partial charge in [0.15, 0.2) is 5.78 Å². The number of carbonyl (C=O) groups excluding carboxylic acids is 1. The lowest BCUT2D eigenvalue weighted by atomic mass is 9.97. The second-order valence-corrected chi connectivity index (χ2v) is 9.90. The highest BCUT2D eigenvalue weighted by Crippen LogP contribution is 2.40. The van der Waals surface area contributed by atoms with Gasteiger partial charge in [-0.25, -0.2) is 0 Å². The van der Waals surface area contributed by atoms with Crippen molar-refractivity contribution < 1.29 is 19.2 Å². The second-order valence-electron chi connectivity index (χ2n) is 7.39. The van der Waals surface area contributed by atoms with Gasteiger partial charge in [-0.1, -0.05) is 54.6 Å². The third-order valence-corrected chi connectivity index (χ3v) is 8.04. The number of allylic oxidation sites excluding steroid dienone is 1. The topological polar surface area (TPSA) is 75.6 Å². The van der Waals surface area contributed by atoms with Crippen LogP contribution in [0.4, 0.5) is 0 Å². The zero-order valence-electron chi connectivity index (χ0n) is 18.1. The summed E-state index contributed by atoms with van der Waals surface area (Å²) in [5, 5.41) is 15.5. The van der Waals surface area contributed by atoms with Crippen molar-refractivity contribution in [3.05, 3.63) is 103 Å². The Balaban J connectivity index is 2.01. The first-order chi connectivity index (χ1) is 15.5. The standard InChI is InChI=1S/C26H28NO4P/c1-3-4-18-23(26(29)25(28)22-17-11-12-19-24(22)31-2)27-32(30,20-13-7-5-8-14-20)21-15-9-6-10-16-21/h3,5-17,19,23,26,29H,1,4,18H2,2H3,(H,27,30)/t23-,26+/m0/s1. The average Bonchev–Trinajstić information content (AvgIpc) is 2.86. The first-order valence-electron chi connectivity index (χ1n) is 10.5. The van der Waals surface area contributed by atoms with Crippen molar-refractivity contribution in [2.24, 2.45) is 0 Å². The highest BCUT2D eigenvalue weighted by atomic mass is 31.2. The van der Waals surface area contributed by atoms with Crippen LogP contribution in [-0.4, -0.2) is 30.1 Å². The predicted octanol–water partition coefficient (Wildman–Crippen LogP) is 4.09. The number of hydrogen-bond acceptors (Lipinski definition) is 4. The molecule has 166 valence electrons. The molecule has 0 amide bonds. The fraction of sp³-hybridized carbons (Fsp3) is 0.192. The van der Waals surface area contributed by atoms with Gasteiger partial charge in [0.25, 0.3) is 0 Å². The van der Waals surface area contributed by atoms with Crippen LogP contribution < -0.4 is 20.4 Å². The highest BCUT2D eigenvalue weighted by molar-refractivity contribution is 7.76. The maximum absolute atomic E-state index is 14.4. The van der Waals surface area contributed by atoms with Gasteiger partial charge in [-0.3, -0.25) is 14.4 Å². The summed E-state index contributed by atoms with van der Waals surface area (Å²) >= 11 is 0. The van der Waals surface area contributed by atoms with Gasteiger partial charge in [0.1, 0.15) is 11.9 Å². The van der Waals surface area contributed by atoms with Crippen LogP contribution in [0.5, 0.6) is 5.75 Å². The van der Waals surface area contributed by atoms with E-state index in [1.54, 1.807) is 54.6 Å². The van der Waals surface area contributed by atoms with Gasteiger partial charge >= 0.3 is 0 Å². The predicted molar refractivity (Wildman–Crippen MR) is 129 cm³/mol. The third-order valence-electron chi connectivity index (χ3n) is 5.29. The Hall–Kier alpha value is -2.98. The Labute approximate surface area is 189 Å². The van der Waals surface area contributed by atoms with E-state index in [4.69, 9.17) is 4.74 Å². The van der Waals surface area contributed by atoms with Crippen molar-refractivity contribution in [2.75, 3.05) is 7.11 Å². The smallest absolute Gasteiger partial charge is 0.204 e. The monoisotopic (exact) mass is 449 g/mol. The third kappa shape index (κ3) is 5.25. The number of carbonyl (C=O) groups is 1. The number of ether oxygens (including phenoxy) is 1. The molecule has 5 nitrogen and oxygen atoms in total. The molecule has 6 heteroatoms. The van der Waals surface area contributed by atoms with E-state index in [0.717, 1.165) is 0 Å². The molecule has 3 aromatic rings. The Morgan fingerprint density at radius 3 is 2.06 bits per heavy atom. The van der Waals surface area contributed by atoms with Gasteiger partial charge in [-0.05, 0) is 49.2 Å². The molecule has 2 atom stereocenters. The number of methoxy groups -OCH3 is 1. The van der Waals surface area contributed by atoms with Crippen molar-refractivity contribution in [2.45, 2.75) is 25.0 Å². The van der Waals surface area contributed by atoms with Crippen molar-refractivity contribution in [1.29, 1.82) is 0 Å². The fourth-order valence-electron chi connectivity index (χ4n) is 3.59. The van der Waals surface area contributed by atoms with Gasteiger partial charge in [0, 0.05) is 16.7 Å². The van der Waals surface area contributed by atoms with Crippen LogP contribution in [0.3, 0.4) is 0 Å². The lowest BCUT2D eigenvalue weighted by Gasteiger charge is -2.29. The summed E-state index contributed by atoms with van der Waals surface area (Å²) in [6.45, 7) is 3.75. The van der Waals surface area contributed by atoms with Crippen LogP contribution in [0.1, 0.15) is 23.2 Å². The van der Waals surface area contributed by atoms with E-state index in [-0.39, 0.29) is 5.56 Å². The minimum Gasteiger partial charge on any atom is -0.496 e. The zero-order valence-corrected chi connectivity index (χ0v) is 18.9. The van der Waals surface area contributed by atoms with E-state index >= 15 is 0 Å². The second kappa shape index (κ2) is 11.1. The molecule has 0 aromatic heterocycles. The summed E-state index contributed by atoms with van der Waals surface area (Å²) in [4.78, 5) is 13.2. The summed E-state index contributed by atoms with van der Waals surface area (Å²) in [7, 11) is -1.87. The van der Waals surface area contributed by atoms with E-state index < -0.39 is 25.2 Å². The molecule has 0 radical (unpaired) electrons. The number of aliphatic hydroxyl groups excluding tert-OH is 1. The Kier molecular flexibility index (Phi) is 8.18. The molecule has 0 spiro atoms. The highest BCUT2D eigenvalue weighted by Gasteiger charge is 2.36. The molecule has 3 aromatic carbocycles. The molecule has 0 fully saturated rings. The quantitative estimate of drug-likeness (QED) is 0.262. The first-order valence-corrected chi connectivity index (χ1v) is 12.2. The lowest BCUT2D eigenvalue weighted by Crippen LogP contribution is -2.46. The minimum absolute atomic E-state index is 0.280. The number of ketones is 1. The van der Waals surface area contributed by atoms with Gasteiger partial charge in [0.2, 0.25) is 7.29 Å². The summed E-state index contributed by atoms with van der Waals surface area (Å²) in [5.41, 5.74) is 0.280. The number of hydrogen-bond donors (Lipinski definition) is 2. The molecule has 3 rings (SSSR count). The summed E-state index contributed by atoms with van der Waals surface area (Å²) in [6, 6.07) is 24.2. The van der Waals surface area contributed by atoms with Crippen molar-refractivity contribution in [1.82, 2.24) is 5.09 Å². The molecule has 0 aliphatic heterocycles. The van der Waals surface area contributed by atoms with E-state index in [2.05, 4.69) is 11.7 Å². The maximum Gasteiger partial charge on any atom is 0.204 e. The molecule has 0 unspecified atom stereocenters. The number of para-hydroxylation sites is 1. The SMILES string of the molecule is C=CCC[C@H](NP(=O)(c1ccccc1)c1ccccc1)[C@@H](O)C(=O)c1ccccc1OC. The van der Waals surface area contributed by atoms with Gasteiger partial charge in [-0.15, -0.1) is 6.58 Å². The minimum atomic E-state index is -3.35. The number of Topliss-reactive ketones (excluding diaryl/α,β-unsaturated/α-hetero) is 1. The van der Waals surface area contributed by atoms with Gasteiger partial charge in [-0.2, -0.15) is 0 Å². The number of benzene rings is 3. The summed E-state index contributed by atoms with van der Waals surface area (Å²) < 4.78 is 19.7. The summed E-state index contributed by atoms with van der Waals surface area (Å²) in [6.07, 6.45) is 1.21. The number of rotatable bonds is 11. The van der Waals surface area contributed by atoms with Crippen LogP contribution in [0.15, 0.2) is 97.6 Å². The van der Waals surface area contributed by atoms with Crippen LogP contribution in [0, 0.1) is 0 Å². The van der Waals surface area contributed by atoms with Crippen molar-refractivity contribution >= 4 is 23.7 Å². The van der Waals surface area contributed by atoms with Crippen LogP contribution >= 0.6 is 7.29 Å². The van der Waals surface area contributed by atoms with E-state index in [1.165, 1.54) is 7.11 Å². The van der Waals surface area contributed by atoms with E-state index in [1.807, 2.05) is 36.4 Å². The average molecular weight is 449 g/mol. The van der Waals surface area contributed by atoms with Crippen LogP contribution in [-0.2, 0) is 4.57 Å². The van der Waals surface area contributed by atoms with Crippen LogP contribution in [0.25, 0.3) is 0 Å². The largest absolute Gasteiger partial charge is 0.496 e. The number of nitrogens with one attached hydrogen (secondary N) is 1.